The van der Waals surface area contributed by atoms with Crippen LogP contribution >= 0.6 is 0 Å². The normalized spacial score (nSPS) is 20.6. The number of rotatable bonds is 5. The highest BCUT2D eigenvalue weighted by molar-refractivity contribution is 5.83. The van der Waals surface area contributed by atoms with E-state index in [1.807, 2.05) is 19.9 Å². The van der Waals surface area contributed by atoms with Gasteiger partial charge in [-0.05, 0) is 51.0 Å². The smallest absolute Gasteiger partial charge is 0.314 e. The van der Waals surface area contributed by atoms with E-state index in [1.54, 1.807) is 0 Å². The van der Waals surface area contributed by atoms with Crippen molar-refractivity contribution in [2.75, 3.05) is 6.61 Å². The lowest BCUT2D eigenvalue weighted by atomic mass is 9.77. The van der Waals surface area contributed by atoms with E-state index >= 15 is 0 Å². The number of ether oxygens (including phenoxy) is 1. The zero-order valence-corrected chi connectivity index (χ0v) is 13.7. The van der Waals surface area contributed by atoms with Crippen molar-refractivity contribution in [1.29, 1.82) is 0 Å². The van der Waals surface area contributed by atoms with Crippen LogP contribution in [0.15, 0.2) is 12.1 Å². The molecule has 3 nitrogen and oxygen atoms in total. The molecule has 2 aliphatic carbocycles. The standard InChI is InChI=1S/C19H26O3/c1-13-10-14(2)17(22-12-15-6-5-7-15)16(11-13)19(18(20)21)8-3-4-9-19/h10-11,15H,3-9,12H2,1-2H3,(H,20,21). The molecule has 0 spiro atoms. The molecule has 0 aliphatic heterocycles. The summed E-state index contributed by atoms with van der Waals surface area (Å²) in [6.07, 6.45) is 7.21. The third-order valence-electron chi connectivity index (χ3n) is 5.49. The van der Waals surface area contributed by atoms with Gasteiger partial charge < -0.3 is 9.84 Å². The Bertz CT molecular complexity index is 566. The van der Waals surface area contributed by atoms with Crippen LogP contribution in [0.25, 0.3) is 0 Å². The predicted molar refractivity (Wildman–Crippen MR) is 86.5 cm³/mol. The summed E-state index contributed by atoms with van der Waals surface area (Å²) in [5.41, 5.74) is 2.36. The van der Waals surface area contributed by atoms with Gasteiger partial charge in [-0.3, -0.25) is 4.79 Å². The van der Waals surface area contributed by atoms with Gasteiger partial charge in [0.25, 0.3) is 0 Å². The molecule has 0 saturated heterocycles. The van der Waals surface area contributed by atoms with E-state index in [2.05, 4.69) is 6.07 Å². The largest absolute Gasteiger partial charge is 0.493 e. The molecule has 0 radical (unpaired) electrons. The summed E-state index contributed by atoms with van der Waals surface area (Å²) in [4.78, 5) is 12.0. The molecular formula is C19H26O3. The third-order valence-corrected chi connectivity index (χ3v) is 5.49. The second-order valence-corrected chi connectivity index (χ2v) is 7.16. The fourth-order valence-corrected chi connectivity index (χ4v) is 3.94. The van der Waals surface area contributed by atoms with Gasteiger partial charge in [0, 0.05) is 5.56 Å². The minimum atomic E-state index is -0.744. The molecule has 0 unspecified atom stereocenters. The van der Waals surface area contributed by atoms with Crippen molar-refractivity contribution in [3.63, 3.8) is 0 Å². The van der Waals surface area contributed by atoms with Crippen molar-refractivity contribution in [1.82, 2.24) is 0 Å². The molecular weight excluding hydrogens is 276 g/mol. The Labute approximate surface area is 132 Å². The molecule has 2 saturated carbocycles. The van der Waals surface area contributed by atoms with Gasteiger partial charge in [0.15, 0.2) is 0 Å². The van der Waals surface area contributed by atoms with Gasteiger partial charge in [-0.25, -0.2) is 0 Å². The van der Waals surface area contributed by atoms with E-state index in [0.717, 1.165) is 54.7 Å². The Morgan fingerprint density at radius 1 is 1.23 bits per heavy atom. The molecule has 0 heterocycles. The molecule has 120 valence electrons. The van der Waals surface area contributed by atoms with Crippen LogP contribution in [-0.4, -0.2) is 17.7 Å². The van der Waals surface area contributed by atoms with Crippen molar-refractivity contribution >= 4 is 5.97 Å². The number of carbonyl (C=O) groups is 1. The van der Waals surface area contributed by atoms with Crippen molar-refractivity contribution in [2.45, 2.75) is 64.2 Å². The maximum Gasteiger partial charge on any atom is 0.314 e. The van der Waals surface area contributed by atoms with E-state index in [1.165, 1.54) is 19.3 Å². The number of benzene rings is 1. The Balaban J connectivity index is 1.98. The highest BCUT2D eigenvalue weighted by Gasteiger charge is 2.45. The summed E-state index contributed by atoms with van der Waals surface area (Å²) in [5, 5.41) is 9.90. The van der Waals surface area contributed by atoms with Gasteiger partial charge in [0.2, 0.25) is 0 Å². The summed E-state index contributed by atoms with van der Waals surface area (Å²) in [7, 11) is 0. The number of hydrogen-bond acceptors (Lipinski definition) is 2. The average Bonchev–Trinajstić information content (AvgIpc) is 2.89. The zero-order valence-electron chi connectivity index (χ0n) is 13.7. The molecule has 1 N–H and O–H groups in total. The molecule has 0 bridgehead atoms. The maximum absolute atomic E-state index is 12.0. The molecule has 1 aromatic carbocycles. The molecule has 1 aromatic rings. The van der Waals surface area contributed by atoms with Gasteiger partial charge in [0.1, 0.15) is 5.75 Å². The number of hydrogen-bond donors (Lipinski definition) is 1. The summed E-state index contributed by atoms with van der Waals surface area (Å²) < 4.78 is 6.15. The van der Waals surface area contributed by atoms with Crippen LogP contribution in [-0.2, 0) is 10.2 Å². The van der Waals surface area contributed by atoms with E-state index in [0.29, 0.717) is 5.92 Å². The third kappa shape index (κ3) is 2.62. The second kappa shape index (κ2) is 5.94. The van der Waals surface area contributed by atoms with E-state index in [9.17, 15) is 9.90 Å². The van der Waals surface area contributed by atoms with Crippen LogP contribution in [0.1, 0.15) is 61.6 Å². The van der Waals surface area contributed by atoms with Gasteiger partial charge in [-0.1, -0.05) is 37.0 Å². The first kappa shape index (κ1) is 15.4. The van der Waals surface area contributed by atoms with Gasteiger partial charge >= 0.3 is 5.97 Å². The lowest BCUT2D eigenvalue weighted by molar-refractivity contribution is -0.143. The van der Waals surface area contributed by atoms with E-state index in [-0.39, 0.29) is 0 Å². The monoisotopic (exact) mass is 302 g/mol. The van der Waals surface area contributed by atoms with Gasteiger partial charge in [-0.15, -0.1) is 0 Å². The highest BCUT2D eigenvalue weighted by atomic mass is 16.5. The first-order valence-corrected chi connectivity index (χ1v) is 8.51. The van der Waals surface area contributed by atoms with Gasteiger partial charge in [0.05, 0.1) is 12.0 Å². The zero-order chi connectivity index (χ0) is 15.7. The quantitative estimate of drug-likeness (QED) is 0.878. The number of carboxylic acids is 1. The summed E-state index contributed by atoms with van der Waals surface area (Å²) in [5.74, 6) is 0.795. The Morgan fingerprint density at radius 2 is 1.91 bits per heavy atom. The Kier molecular flexibility index (Phi) is 4.16. The van der Waals surface area contributed by atoms with Gasteiger partial charge in [-0.2, -0.15) is 0 Å². The highest BCUT2D eigenvalue weighted by Crippen LogP contribution is 2.46. The molecule has 22 heavy (non-hydrogen) atoms. The van der Waals surface area contributed by atoms with E-state index < -0.39 is 11.4 Å². The van der Waals surface area contributed by atoms with Crippen molar-refractivity contribution in [3.8, 4) is 5.75 Å². The Morgan fingerprint density at radius 3 is 2.45 bits per heavy atom. The second-order valence-electron chi connectivity index (χ2n) is 7.16. The van der Waals surface area contributed by atoms with Crippen LogP contribution in [0.4, 0.5) is 0 Å². The molecule has 0 atom stereocenters. The number of aliphatic carboxylic acids is 1. The number of aryl methyl sites for hydroxylation is 2. The summed E-state index contributed by atoms with van der Waals surface area (Å²) in [6.45, 7) is 4.81. The fourth-order valence-electron chi connectivity index (χ4n) is 3.94. The molecule has 0 amide bonds. The summed E-state index contributed by atoms with van der Waals surface area (Å²) in [6, 6.07) is 4.15. The van der Waals surface area contributed by atoms with Crippen LogP contribution < -0.4 is 4.74 Å². The topological polar surface area (TPSA) is 46.5 Å². The number of carboxylic acid groups (broad SMARTS) is 1. The minimum absolute atomic E-state index is 0.651. The van der Waals surface area contributed by atoms with Crippen molar-refractivity contribution < 1.29 is 14.6 Å². The van der Waals surface area contributed by atoms with Crippen LogP contribution in [0.5, 0.6) is 5.75 Å². The molecule has 2 aliphatic rings. The molecule has 3 rings (SSSR count). The average molecular weight is 302 g/mol. The lowest BCUT2D eigenvalue weighted by Gasteiger charge is -2.30. The van der Waals surface area contributed by atoms with Crippen molar-refractivity contribution in [2.24, 2.45) is 5.92 Å². The lowest BCUT2D eigenvalue weighted by Crippen LogP contribution is -2.33. The summed E-state index contributed by atoms with van der Waals surface area (Å²) >= 11 is 0. The maximum atomic E-state index is 12.0. The first-order valence-electron chi connectivity index (χ1n) is 8.51. The Hall–Kier alpha value is -1.51. The van der Waals surface area contributed by atoms with Crippen LogP contribution in [0, 0.1) is 19.8 Å². The van der Waals surface area contributed by atoms with Crippen LogP contribution in [0.3, 0.4) is 0 Å². The molecule has 3 heteroatoms. The van der Waals surface area contributed by atoms with E-state index in [4.69, 9.17) is 4.74 Å². The first-order chi connectivity index (χ1) is 10.5. The molecule has 0 aromatic heterocycles. The minimum Gasteiger partial charge on any atom is -0.493 e. The molecule has 2 fully saturated rings. The fraction of sp³-hybridized carbons (Fsp3) is 0.632. The SMILES string of the molecule is Cc1cc(C)c(OCC2CCC2)c(C2(C(=O)O)CCCC2)c1. The van der Waals surface area contributed by atoms with Crippen molar-refractivity contribution in [3.05, 3.63) is 28.8 Å². The van der Waals surface area contributed by atoms with Crippen LogP contribution in [0.2, 0.25) is 0 Å². The predicted octanol–water partition coefficient (Wildman–Crippen LogP) is 4.38.